The van der Waals surface area contributed by atoms with Crippen molar-refractivity contribution in [1.82, 2.24) is 4.57 Å². The first-order chi connectivity index (χ1) is 12.0. The topological polar surface area (TPSA) is 51.1 Å². The number of anilines is 1. The van der Waals surface area contributed by atoms with Gasteiger partial charge in [0.25, 0.3) is 0 Å². The Morgan fingerprint density at radius 2 is 1.96 bits per heavy atom. The number of halogens is 1. The van der Waals surface area contributed by atoms with E-state index in [1.165, 1.54) is 17.7 Å². The molecule has 5 heteroatoms. The number of hydrogen-bond donors (Lipinski definition) is 1. The lowest BCUT2D eigenvalue weighted by molar-refractivity contribution is -0.118. The lowest BCUT2D eigenvalue weighted by atomic mass is 10.1. The normalized spacial score (nSPS) is 12.1. The molecule has 3 aromatic rings. The van der Waals surface area contributed by atoms with Gasteiger partial charge in [-0.3, -0.25) is 9.59 Å². The number of benzene rings is 2. The molecule has 0 aliphatic carbocycles. The zero-order chi connectivity index (χ0) is 18.0. The first-order valence-corrected chi connectivity index (χ1v) is 8.18. The van der Waals surface area contributed by atoms with Crippen LogP contribution in [0.5, 0.6) is 0 Å². The average Bonchev–Trinajstić information content (AvgIpc) is 2.99. The molecule has 0 saturated heterocycles. The first kappa shape index (κ1) is 16.9. The first-order valence-electron chi connectivity index (χ1n) is 8.18. The number of nitrogens with zero attached hydrogens (tertiary/aromatic N) is 1. The van der Waals surface area contributed by atoms with Crippen molar-refractivity contribution < 1.29 is 14.0 Å². The van der Waals surface area contributed by atoms with Crippen LogP contribution in [0.4, 0.5) is 10.1 Å². The number of amides is 1. The number of aryl methyl sites for hydroxylation is 1. The molecule has 1 amide bonds. The van der Waals surface area contributed by atoms with Crippen molar-refractivity contribution in [1.29, 1.82) is 0 Å². The average molecular weight is 338 g/mol. The standard InChI is InChI=1S/C20H19FN2O2/c1-3-14-4-7-17(8-5-14)22-20(25)13(2)23-11-15(12-24)18-10-16(21)6-9-19(18)23/h4-13H,3H2,1-2H3,(H,22,25). The van der Waals surface area contributed by atoms with Crippen molar-refractivity contribution in [3.05, 3.63) is 65.6 Å². The molecule has 0 bridgehead atoms. The number of carbonyl (C=O) groups excluding carboxylic acids is 2. The molecule has 3 rings (SSSR count). The molecule has 2 aromatic carbocycles. The number of carbonyl (C=O) groups is 2. The van der Waals surface area contributed by atoms with E-state index in [0.717, 1.165) is 6.42 Å². The molecule has 0 spiro atoms. The van der Waals surface area contributed by atoms with E-state index in [4.69, 9.17) is 0 Å². The van der Waals surface area contributed by atoms with Crippen LogP contribution < -0.4 is 5.32 Å². The largest absolute Gasteiger partial charge is 0.335 e. The maximum absolute atomic E-state index is 13.5. The van der Waals surface area contributed by atoms with Crippen molar-refractivity contribution in [3.63, 3.8) is 0 Å². The van der Waals surface area contributed by atoms with Crippen molar-refractivity contribution in [2.75, 3.05) is 5.32 Å². The van der Waals surface area contributed by atoms with Gasteiger partial charge in [0.1, 0.15) is 11.9 Å². The van der Waals surface area contributed by atoms with Crippen molar-refractivity contribution >= 4 is 28.8 Å². The Bertz CT molecular complexity index is 929. The second-order valence-corrected chi connectivity index (χ2v) is 5.99. The third-order valence-electron chi connectivity index (χ3n) is 4.38. The molecule has 0 saturated carbocycles. The molecule has 0 radical (unpaired) electrons. The highest BCUT2D eigenvalue weighted by Crippen LogP contribution is 2.25. The number of hydrogen-bond acceptors (Lipinski definition) is 2. The third-order valence-corrected chi connectivity index (χ3v) is 4.38. The van der Waals surface area contributed by atoms with Crippen LogP contribution in [0, 0.1) is 5.82 Å². The van der Waals surface area contributed by atoms with Crippen LogP contribution in [-0.4, -0.2) is 16.8 Å². The van der Waals surface area contributed by atoms with Gasteiger partial charge in [0.15, 0.2) is 6.29 Å². The minimum Gasteiger partial charge on any atom is -0.335 e. The summed E-state index contributed by atoms with van der Waals surface area (Å²) in [5.74, 6) is -0.621. The van der Waals surface area contributed by atoms with Crippen LogP contribution in [0.3, 0.4) is 0 Å². The van der Waals surface area contributed by atoms with E-state index < -0.39 is 11.9 Å². The van der Waals surface area contributed by atoms with Gasteiger partial charge < -0.3 is 9.88 Å². The molecule has 1 N–H and O–H groups in total. The smallest absolute Gasteiger partial charge is 0.247 e. The van der Waals surface area contributed by atoms with Crippen LogP contribution in [-0.2, 0) is 11.2 Å². The maximum Gasteiger partial charge on any atom is 0.247 e. The Morgan fingerprint density at radius 1 is 1.24 bits per heavy atom. The maximum atomic E-state index is 13.5. The SMILES string of the molecule is CCc1ccc(NC(=O)C(C)n2cc(C=O)c3cc(F)ccc32)cc1. The van der Waals surface area contributed by atoms with E-state index in [-0.39, 0.29) is 5.91 Å². The van der Waals surface area contributed by atoms with E-state index in [1.807, 2.05) is 24.3 Å². The van der Waals surface area contributed by atoms with E-state index in [1.54, 1.807) is 23.8 Å². The summed E-state index contributed by atoms with van der Waals surface area (Å²) in [7, 11) is 0. The molecule has 0 aliphatic heterocycles. The molecule has 25 heavy (non-hydrogen) atoms. The highest BCUT2D eigenvalue weighted by atomic mass is 19.1. The van der Waals surface area contributed by atoms with Crippen LogP contribution in [0.15, 0.2) is 48.7 Å². The van der Waals surface area contributed by atoms with Gasteiger partial charge >= 0.3 is 0 Å². The number of aromatic nitrogens is 1. The number of fused-ring (bicyclic) bond motifs is 1. The fourth-order valence-corrected chi connectivity index (χ4v) is 2.86. The predicted molar refractivity (Wildman–Crippen MR) is 96.4 cm³/mol. The number of aldehydes is 1. The summed E-state index contributed by atoms with van der Waals surface area (Å²) in [5.41, 5.74) is 2.92. The molecule has 0 aliphatic rings. The fourth-order valence-electron chi connectivity index (χ4n) is 2.86. The van der Waals surface area contributed by atoms with Gasteiger partial charge in [0.2, 0.25) is 5.91 Å². The summed E-state index contributed by atoms with van der Waals surface area (Å²) in [6, 6.07) is 11.3. The zero-order valence-electron chi connectivity index (χ0n) is 14.1. The molecule has 1 atom stereocenters. The Labute approximate surface area is 145 Å². The summed E-state index contributed by atoms with van der Waals surface area (Å²) >= 11 is 0. The predicted octanol–water partition coefficient (Wildman–Crippen LogP) is 4.36. The van der Waals surface area contributed by atoms with E-state index in [2.05, 4.69) is 12.2 Å². The van der Waals surface area contributed by atoms with Crippen molar-refractivity contribution in [3.8, 4) is 0 Å². The molecule has 1 aromatic heterocycles. The van der Waals surface area contributed by atoms with Crippen LogP contribution >= 0.6 is 0 Å². The summed E-state index contributed by atoms with van der Waals surface area (Å²) in [6.45, 7) is 3.81. The Kier molecular flexibility index (Phi) is 4.65. The molecular weight excluding hydrogens is 319 g/mol. The van der Waals surface area contributed by atoms with Gasteiger partial charge in [0, 0.05) is 28.4 Å². The Hall–Kier alpha value is -2.95. The van der Waals surface area contributed by atoms with Gasteiger partial charge in [0.05, 0.1) is 0 Å². The monoisotopic (exact) mass is 338 g/mol. The Morgan fingerprint density at radius 3 is 2.60 bits per heavy atom. The van der Waals surface area contributed by atoms with Gasteiger partial charge in [-0.15, -0.1) is 0 Å². The van der Waals surface area contributed by atoms with Crippen LogP contribution in [0.1, 0.15) is 35.8 Å². The third kappa shape index (κ3) is 3.31. The summed E-state index contributed by atoms with van der Waals surface area (Å²) in [4.78, 5) is 23.8. The number of rotatable bonds is 5. The van der Waals surface area contributed by atoms with Crippen molar-refractivity contribution in [2.45, 2.75) is 26.3 Å². The molecule has 0 fully saturated rings. The Balaban J connectivity index is 1.89. The van der Waals surface area contributed by atoms with Crippen molar-refractivity contribution in [2.24, 2.45) is 0 Å². The summed E-state index contributed by atoms with van der Waals surface area (Å²) in [5, 5.41) is 3.37. The summed E-state index contributed by atoms with van der Waals surface area (Å²) in [6.07, 6.45) is 3.19. The fraction of sp³-hybridized carbons (Fsp3) is 0.200. The van der Waals surface area contributed by atoms with Crippen LogP contribution in [0.25, 0.3) is 10.9 Å². The second-order valence-electron chi connectivity index (χ2n) is 5.99. The lowest BCUT2D eigenvalue weighted by Gasteiger charge is -2.15. The summed E-state index contributed by atoms with van der Waals surface area (Å²) < 4.78 is 15.2. The lowest BCUT2D eigenvalue weighted by Crippen LogP contribution is -2.23. The van der Waals surface area contributed by atoms with E-state index >= 15 is 0 Å². The van der Waals surface area contributed by atoms with E-state index in [9.17, 15) is 14.0 Å². The molecule has 4 nitrogen and oxygen atoms in total. The highest BCUT2D eigenvalue weighted by molar-refractivity contribution is 6.00. The number of nitrogens with one attached hydrogen (secondary N) is 1. The molecule has 128 valence electrons. The highest BCUT2D eigenvalue weighted by Gasteiger charge is 2.19. The van der Waals surface area contributed by atoms with Gasteiger partial charge in [-0.05, 0) is 49.2 Å². The van der Waals surface area contributed by atoms with Gasteiger partial charge in [-0.2, -0.15) is 0 Å². The second kappa shape index (κ2) is 6.89. The zero-order valence-corrected chi connectivity index (χ0v) is 14.1. The van der Waals surface area contributed by atoms with E-state index in [0.29, 0.717) is 28.4 Å². The molecular formula is C20H19FN2O2. The minimum absolute atomic E-state index is 0.206. The van der Waals surface area contributed by atoms with Crippen LogP contribution in [0.2, 0.25) is 0 Å². The quantitative estimate of drug-likeness (QED) is 0.703. The van der Waals surface area contributed by atoms with Gasteiger partial charge in [-0.1, -0.05) is 19.1 Å². The molecule has 1 heterocycles. The minimum atomic E-state index is -0.549. The van der Waals surface area contributed by atoms with Gasteiger partial charge in [-0.25, -0.2) is 4.39 Å². The molecule has 1 unspecified atom stereocenters.